The number of carbonyl (C=O) groups is 2. The highest BCUT2D eigenvalue weighted by Crippen LogP contribution is 2.26. The maximum Gasteiger partial charge on any atom is 0.227 e. The van der Waals surface area contributed by atoms with E-state index >= 15 is 0 Å². The third kappa shape index (κ3) is 4.48. The standard InChI is InChI=1S/C25H28N4O2S/c1-27-15-19(14-26-27)3-5-24(30)28-9-6-20-4-2-18(12-22(20)16-28)13-25(31)29-10-7-21-8-11-32-23(21)17-29/h2,4,8,11-12,14-15H,3,5-7,9-10,13,16-17H2,1H3. The van der Waals surface area contributed by atoms with Crippen LogP contribution in [0.1, 0.15) is 39.1 Å². The van der Waals surface area contributed by atoms with Crippen LogP contribution in [0.25, 0.3) is 0 Å². The molecule has 0 N–H and O–H groups in total. The molecule has 0 aliphatic carbocycles. The van der Waals surface area contributed by atoms with E-state index in [1.165, 1.54) is 21.6 Å². The topological polar surface area (TPSA) is 58.4 Å². The molecule has 6 nitrogen and oxygen atoms in total. The molecule has 2 aliphatic heterocycles. The number of amides is 2. The molecule has 2 aromatic heterocycles. The third-order valence-electron chi connectivity index (χ3n) is 6.55. The van der Waals surface area contributed by atoms with Crippen molar-refractivity contribution in [2.24, 2.45) is 7.05 Å². The van der Waals surface area contributed by atoms with E-state index in [-0.39, 0.29) is 11.8 Å². The van der Waals surface area contributed by atoms with Crippen molar-refractivity contribution in [2.45, 2.75) is 45.2 Å². The summed E-state index contributed by atoms with van der Waals surface area (Å²) >= 11 is 1.74. The van der Waals surface area contributed by atoms with Crippen molar-refractivity contribution in [3.05, 3.63) is 74.7 Å². The lowest BCUT2D eigenvalue weighted by molar-refractivity contribution is -0.132. The van der Waals surface area contributed by atoms with E-state index in [1.54, 1.807) is 16.0 Å². The highest BCUT2D eigenvalue weighted by Gasteiger charge is 2.24. The zero-order valence-electron chi connectivity index (χ0n) is 18.4. The number of nitrogens with zero attached hydrogens (tertiary/aromatic N) is 4. The third-order valence-corrected chi connectivity index (χ3v) is 7.50. The molecule has 0 spiro atoms. The Kier molecular flexibility index (Phi) is 5.83. The maximum atomic E-state index is 12.9. The maximum absolute atomic E-state index is 12.9. The zero-order chi connectivity index (χ0) is 22.1. The average Bonchev–Trinajstić information content (AvgIpc) is 3.45. The molecule has 0 atom stereocenters. The summed E-state index contributed by atoms with van der Waals surface area (Å²) in [5.41, 5.74) is 5.98. The van der Waals surface area contributed by atoms with Crippen molar-refractivity contribution in [1.82, 2.24) is 19.6 Å². The Labute approximate surface area is 192 Å². The number of hydrogen-bond acceptors (Lipinski definition) is 4. The van der Waals surface area contributed by atoms with Crippen molar-refractivity contribution < 1.29 is 9.59 Å². The van der Waals surface area contributed by atoms with Crippen LogP contribution in [-0.2, 0) is 55.4 Å². The van der Waals surface area contributed by atoms with Crippen LogP contribution in [0.15, 0.2) is 42.0 Å². The van der Waals surface area contributed by atoms with Gasteiger partial charge in [0.1, 0.15) is 0 Å². The van der Waals surface area contributed by atoms with Crippen molar-refractivity contribution in [3.8, 4) is 0 Å². The summed E-state index contributed by atoms with van der Waals surface area (Å²) in [4.78, 5) is 30.9. The number of hydrogen-bond donors (Lipinski definition) is 0. The van der Waals surface area contributed by atoms with E-state index in [1.807, 2.05) is 29.2 Å². The molecule has 0 unspecified atom stereocenters. The lowest BCUT2D eigenvalue weighted by Crippen LogP contribution is -2.37. The van der Waals surface area contributed by atoms with Crippen LogP contribution in [0.2, 0.25) is 0 Å². The van der Waals surface area contributed by atoms with Gasteiger partial charge in [0.2, 0.25) is 11.8 Å². The Morgan fingerprint density at radius 3 is 2.59 bits per heavy atom. The van der Waals surface area contributed by atoms with Gasteiger partial charge in [0.15, 0.2) is 0 Å². The molecule has 0 fully saturated rings. The Morgan fingerprint density at radius 1 is 0.969 bits per heavy atom. The summed E-state index contributed by atoms with van der Waals surface area (Å²) < 4.78 is 1.77. The van der Waals surface area contributed by atoms with Gasteiger partial charge in [-0.3, -0.25) is 14.3 Å². The fourth-order valence-corrected chi connectivity index (χ4v) is 5.63. The van der Waals surface area contributed by atoms with Crippen LogP contribution in [0.3, 0.4) is 0 Å². The predicted molar refractivity (Wildman–Crippen MR) is 124 cm³/mol. The summed E-state index contributed by atoms with van der Waals surface area (Å²) in [5, 5.41) is 6.29. The quantitative estimate of drug-likeness (QED) is 0.603. The van der Waals surface area contributed by atoms with Gasteiger partial charge < -0.3 is 9.80 Å². The lowest BCUT2D eigenvalue weighted by Gasteiger charge is -2.30. The van der Waals surface area contributed by atoms with E-state index in [9.17, 15) is 9.59 Å². The number of carbonyl (C=O) groups excluding carboxylic acids is 2. The highest BCUT2D eigenvalue weighted by molar-refractivity contribution is 7.10. The summed E-state index contributed by atoms with van der Waals surface area (Å²) in [5.74, 6) is 0.366. The molecule has 0 saturated carbocycles. The van der Waals surface area contributed by atoms with E-state index < -0.39 is 0 Å². The largest absolute Gasteiger partial charge is 0.338 e. The van der Waals surface area contributed by atoms with Gasteiger partial charge in [-0.25, -0.2) is 0 Å². The fraction of sp³-hybridized carbons (Fsp3) is 0.400. The van der Waals surface area contributed by atoms with Crippen molar-refractivity contribution in [2.75, 3.05) is 13.1 Å². The molecule has 2 amide bonds. The number of aryl methyl sites for hydroxylation is 2. The molecule has 7 heteroatoms. The molecule has 4 heterocycles. The summed E-state index contributed by atoms with van der Waals surface area (Å²) in [6.07, 6.45) is 7.24. The Morgan fingerprint density at radius 2 is 1.78 bits per heavy atom. The average molecular weight is 449 g/mol. The SMILES string of the molecule is Cn1cc(CCC(=O)N2CCc3ccc(CC(=O)N4CCc5ccsc5C4)cc3C2)cn1. The molecule has 3 aromatic rings. The van der Waals surface area contributed by atoms with E-state index in [2.05, 4.69) is 34.7 Å². The van der Waals surface area contributed by atoms with Gasteiger partial charge >= 0.3 is 0 Å². The first-order valence-corrected chi connectivity index (χ1v) is 12.1. The zero-order valence-corrected chi connectivity index (χ0v) is 19.2. The molecule has 166 valence electrons. The minimum Gasteiger partial charge on any atom is -0.338 e. The van der Waals surface area contributed by atoms with Crippen LogP contribution in [0.5, 0.6) is 0 Å². The lowest BCUT2D eigenvalue weighted by atomic mass is 9.95. The second-order valence-electron chi connectivity index (χ2n) is 8.80. The molecule has 2 aliphatic rings. The molecule has 0 saturated heterocycles. The summed E-state index contributed by atoms with van der Waals surface area (Å²) in [6.45, 7) is 2.92. The monoisotopic (exact) mass is 448 g/mol. The van der Waals surface area contributed by atoms with Gasteiger partial charge in [-0.15, -0.1) is 11.3 Å². The van der Waals surface area contributed by atoms with Gasteiger partial charge in [-0.05, 0) is 58.5 Å². The number of aromatic nitrogens is 2. The van der Waals surface area contributed by atoms with Crippen molar-refractivity contribution in [1.29, 1.82) is 0 Å². The normalized spacial score (nSPS) is 15.4. The first-order valence-electron chi connectivity index (χ1n) is 11.2. The molecule has 5 rings (SSSR count). The molecule has 32 heavy (non-hydrogen) atoms. The van der Waals surface area contributed by atoms with Gasteiger partial charge in [0.25, 0.3) is 0 Å². The van der Waals surface area contributed by atoms with Gasteiger partial charge in [0.05, 0.1) is 19.2 Å². The number of fused-ring (bicyclic) bond motifs is 2. The van der Waals surface area contributed by atoms with E-state index in [0.29, 0.717) is 25.8 Å². The number of rotatable bonds is 5. The minimum atomic E-state index is 0.182. The minimum absolute atomic E-state index is 0.182. The van der Waals surface area contributed by atoms with Crippen molar-refractivity contribution >= 4 is 23.2 Å². The Bertz CT molecular complexity index is 1150. The van der Waals surface area contributed by atoms with Crippen LogP contribution in [0, 0.1) is 0 Å². The summed E-state index contributed by atoms with van der Waals surface area (Å²) in [6, 6.07) is 8.53. The fourth-order valence-electron chi connectivity index (χ4n) is 4.68. The molecule has 0 radical (unpaired) electrons. The Hall–Kier alpha value is -2.93. The molecule has 1 aromatic carbocycles. The summed E-state index contributed by atoms with van der Waals surface area (Å²) in [7, 11) is 1.89. The van der Waals surface area contributed by atoms with Gasteiger partial charge in [0, 0.05) is 44.2 Å². The highest BCUT2D eigenvalue weighted by atomic mass is 32.1. The molecular formula is C25H28N4O2S. The van der Waals surface area contributed by atoms with E-state index in [4.69, 9.17) is 0 Å². The number of thiophene rings is 1. The van der Waals surface area contributed by atoms with Gasteiger partial charge in [-0.1, -0.05) is 18.2 Å². The number of benzene rings is 1. The molecule has 0 bridgehead atoms. The second-order valence-corrected chi connectivity index (χ2v) is 9.80. The van der Waals surface area contributed by atoms with E-state index in [0.717, 1.165) is 43.6 Å². The second kappa shape index (κ2) is 8.90. The van der Waals surface area contributed by atoms with Crippen LogP contribution >= 0.6 is 11.3 Å². The molecular weight excluding hydrogens is 420 g/mol. The smallest absolute Gasteiger partial charge is 0.227 e. The van der Waals surface area contributed by atoms with Gasteiger partial charge in [-0.2, -0.15) is 5.10 Å². The first kappa shape index (κ1) is 20.9. The van der Waals surface area contributed by atoms with Crippen LogP contribution in [0.4, 0.5) is 0 Å². The Balaban J connectivity index is 1.20. The van der Waals surface area contributed by atoms with Crippen molar-refractivity contribution in [3.63, 3.8) is 0 Å². The van der Waals surface area contributed by atoms with Crippen LogP contribution < -0.4 is 0 Å². The van der Waals surface area contributed by atoms with Crippen LogP contribution in [-0.4, -0.2) is 44.5 Å². The first-order chi connectivity index (χ1) is 15.5. The predicted octanol–water partition coefficient (Wildman–Crippen LogP) is 3.13.